The first-order chi connectivity index (χ1) is 8.18. The number of aliphatic carboxylic acids is 1. The van der Waals surface area contributed by atoms with Gasteiger partial charge in [-0.25, -0.2) is 9.59 Å². The minimum Gasteiger partial charge on any atom is -0.479 e. The van der Waals surface area contributed by atoms with Gasteiger partial charge in [0.1, 0.15) is 0 Å². The Kier molecular flexibility index (Phi) is 3.39. The maximum absolute atomic E-state index is 11.3. The Labute approximate surface area is 98.0 Å². The molecule has 1 fully saturated rings. The molecular weight excluding hydrogens is 224 g/mol. The Bertz CT molecular complexity index is 414. The highest BCUT2D eigenvalue weighted by atomic mass is 16.7. The van der Waals surface area contributed by atoms with Gasteiger partial charge in [-0.15, -0.1) is 0 Å². The molecule has 1 heterocycles. The number of carbonyl (C=O) groups is 2. The number of hydrogen-bond acceptors (Lipinski definition) is 4. The van der Waals surface area contributed by atoms with Crippen LogP contribution in [-0.4, -0.2) is 35.9 Å². The molecule has 2 atom stereocenters. The van der Waals surface area contributed by atoms with Crippen molar-refractivity contribution in [3.8, 4) is 0 Å². The summed E-state index contributed by atoms with van der Waals surface area (Å²) in [6.07, 6.45) is -1.35. The summed E-state index contributed by atoms with van der Waals surface area (Å²) in [6, 6.07) is 9.58. The molecule has 0 radical (unpaired) electrons. The fourth-order valence-electron chi connectivity index (χ4n) is 1.48. The summed E-state index contributed by atoms with van der Waals surface area (Å²) in [4.78, 5) is 21.7. The lowest BCUT2D eigenvalue weighted by Gasteiger charge is -2.02. The summed E-state index contributed by atoms with van der Waals surface area (Å²) in [5, 5.41) is 8.54. The predicted octanol–water partition coefficient (Wildman–Crippen LogP) is 0.624. The van der Waals surface area contributed by atoms with Crippen LogP contribution in [0.15, 0.2) is 30.3 Å². The molecule has 0 saturated carbocycles. The summed E-state index contributed by atoms with van der Waals surface area (Å²) >= 11 is 0. The second kappa shape index (κ2) is 4.97. The van der Waals surface area contributed by atoms with E-state index in [1.54, 1.807) is 0 Å². The number of hydrogen-bond donors (Lipinski definition) is 1. The normalized spacial score (nSPS) is 21.9. The van der Waals surface area contributed by atoms with Gasteiger partial charge in [0.15, 0.2) is 12.2 Å². The zero-order chi connectivity index (χ0) is 12.3. The molecule has 1 aliphatic rings. The molecule has 5 nitrogen and oxygen atoms in total. The van der Waals surface area contributed by atoms with Crippen LogP contribution in [0.25, 0.3) is 0 Å². The largest absolute Gasteiger partial charge is 0.479 e. The molecule has 1 aromatic rings. The van der Waals surface area contributed by atoms with Gasteiger partial charge in [-0.2, -0.15) is 0 Å². The Balaban J connectivity index is 1.70. The highest BCUT2D eigenvalue weighted by Crippen LogP contribution is 2.23. The van der Waals surface area contributed by atoms with Crippen LogP contribution in [0.5, 0.6) is 0 Å². The first-order valence-electron chi connectivity index (χ1n) is 5.27. The van der Waals surface area contributed by atoms with Crippen LogP contribution in [0.3, 0.4) is 0 Å². The van der Waals surface area contributed by atoms with E-state index in [0.717, 1.165) is 5.56 Å². The summed E-state index contributed by atoms with van der Waals surface area (Å²) in [7, 11) is 0. The average Bonchev–Trinajstić information content (AvgIpc) is 3.10. The second-order valence-electron chi connectivity index (χ2n) is 3.72. The van der Waals surface area contributed by atoms with Gasteiger partial charge in [0.2, 0.25) is 0 Å². The van der Waals surface area contributed by atoms with Crippen molar-refractivity contribution in [2.24, 2.45) is 0 Å². The second-order valence-corrected chi connectivity index (χ2v) is 3.72. The van der Waals surface area contributed by atoms with E-state index in [1.165, 1.54) is 0 Å². The molecule has 1 saturated heterocycles. The van der Waals surface area contributed by atoms with E-state index in [4.69, 9.17) is 9.84 Å². The molecule has 1 aromatic carbocycles. The van der Waals surface area contributed by atoms with E-state index in [0.29, 0.717) is 6.42 Å². The van der Waals surface area contributed by atoms with Crippen molar-refractivity contribution in [1.29, 1.82) is 0 Å². The number of rotatable bonds is 5. The molecule has 0 unspecified atom stereocenters. The molecule has 1 N–H and O–H groups in total. The number of epoxide rings is 1. The number of carbonyl (C=O) groups excluding carboxylic acids is 1. The predicted molar refractivity (Wildman–Crippen MR) is 57.4 cm³/mol. The molecule has 0 amide bonds. The minimum absolute atomic E-state index is 0.231. The zero-order valence-electron chi connectivity index (χ0n) is 9.04. The zero-order valence-corrected chi connectivity index (χ0v) is 9.04. The average molecular weight is 236 g/mol. The van der Waals surface area contributed by atoms with Gasteiger partial charge in [-0.05, 0) is 5.56 Å². The van der Waals surface area contributed by atoms with Gasteiger partial charge in [-0.3, -0.25) is 0 Å². The molecule has 5 heteroatoms. The van der Waals surface area contributed by atoms with Crippen LogP contribution in [0.2, 0.25) is 0 Å². The molecule has 1 aliphatic heterocycles. The topological polar surface area (TPSA) is 76.1 Å². The first kappa shape index (κ1) is 11.6. The number of carboxylic acid groups (broad SMARTS) is 1. The van der Waals surface area contributed by atoms with E-state index in [2.05, 4.69) is 4.74 Å². The Morgan fingerprint density at radius 2 is 1.94 bits per heavy atom. The smallest absolute Gasteiger partial charge is 0.338 e. The molecule has 17 heavy (non-hydrogen) atoms. The SMILES string of the molecule is O=C(O)[C@H]1O[C@@H]1C(=O)OCCc1ccccc1. The van der Waals surface area contributed by atoms with Crippen LogP contribution in [0.1, 0.15) is 5.56 Å². The van der Waals surface area contributed by atoms with Crippen molar-refractivity contribution >= 4 is 11.9 Å². The van der Waals surface area contributed by atoms with E-state index in [1.807, 2.05) is 30.3 Å². The molecule has 90 valence electrons. The van der Waals surface area contributed by atoms with Crippen molar-refractivity contribution in [2.45, 2.75) is 18.6 Å². The molecule has 2 rings (SSSR count). The molecule has 0 spiro atoms. The molecule has 0 aliphatic carbocycles. The van der Waals surface area contributed by atoms with Gasteiger partial charge < -0.3 is 14.6 Å². The third-order valence-electron chi connectivity index (χ3n) is 2.45. The van der Waals surface area contributed by atoms with Gasteiger partial charge in [-0.1, -0.05) is 30.3 Å². The van der Waals surface area contributed by atoms with Crippen molar-refractivity contribution in [3.63, 3.8) is 0 Å². The summed E-state index contributed by atoms with van der Waals surface area (Å²) < 4.78 is 9.59. The Morgan fingerprint density at radius 1 is 1.24 bits per heavy atom. The lowest BCUT2D eigenvalue weighted by atomic mass is 10.2. The van der Waals surface area contributed by atoms with Crippen LogP contribution < -0.4 is 0 Å². The quantitative estimate of drug-likeness (QED) is 0.599. The van der Waals surface area contributed by atoms with E-state index in [-0.39, 0.29) is 6.61 Å². The summed E-state index contributed by atoms with van der Waals surface area (Å²) in [5.74, 6) is -1.73. The lowest BCUT2D eigenvalue weighted by Crippen LogP contribution is -2.19. The molecule has 0 bridgehead atoms. The lowest BCUT2D eigenvalue weighted by molar-refractivity contribution is -0.145. The summed E-state index contributed by atoms with van der Waals surface area (Å²) in [6.45, 7) is 0.231. The third kappa shape index (κ3) is 3.04. The van der Waals surface area contributed by atoms with E-state index >= 15 is 0 Å². The number of ether oxygens (including phenoxy) is 2. The fraction of sp³-hybridized carbons (Fsp3) is 0.333. The van der Waals surface area contributed by atoms with Gasteiger partial charge in [0.25, 0.3) is 0 Å². The van der Waals surface area contributed by atoms with Crippen molar-refractivity contribution in [3.05, 3.63) is 35.9 Å². The maximum Gasteiger partial charge on any atom is 0.338 e. The van der Waals surface area contributed by atoms with Crippen LogP contribution in [-0.2, 0) is 25.5 Å². The number of esters is 1. The van der Waals surface area contributed by atoms with Crippen LogP contribution >= 0.6 is 0 Å². The summed E-state index contributed by atoms with van der Waals surface area (Å²) in [5.41, 5.74) is 1.06. The van der Waals surface area contributed by atoms with Crippen molar-refractivity contribution < 1.29 is 24.2 Å². The molecule has 0 aromatic heterocycles. The van der Waals surface area contributed by atoms with Crippen molar-refractivity contribution in [1.82, 2.24) is 0 Å². The first-order valence-corrected chi connectivity index (χ1v) is 5.27. The maximum atomic E-state index is 11.3. The monoisotopic (exact) mass is 236 g/mol. The Morgan fingerprint density at radius 3 is 2.53 bits per heavy atom. The van der Waals surface area contributed by atoms with Crippen molar-refractivity contribution in [2.75, 3.05) is 6.61 Å². The van der Waals surface area contributed by atoms with Gasteiger partial charge >= 0.3 is 11.9 Å². The van der Waals surface area contributed by atoms with E-state index in [9.17, 15) is 9.59 Å². The standard InChI is InChI=1S/C12H12O5/c13-11(14)9-10(17-9)12(15)16-7-6-8-4-2-1-3-5-8/h1-5,9-10H,6-7H2,(H,13,14)/t9-,10-/m0/s1. The highest BCUT2D eigenvalue weighted by Gasteiger charge is 2.51. The Hall–Kier alpha value is -1.88. The van der Waals surface area contributed by atoms with Gasteiger partial charge in [0.05, 0.1) is 6.61 Å². The van der Waals surface area contributed by atoms with Gasteiger partial charge in [0, 0.05) is 6.42 Å². The highest BCUT2D eigenvalue weighted by molar-refractivity contribution is 5.88. The fourth-order valence-corrected chi connectivity index (χ4v) is 1.48. The van der Waals surface area contributed by atoms with E-state index < -0.39 is 24.1 Å². The molecular formula is C12H12O5. The van der Waals surface area contributed by atoms with Crippen LogP contribution in [0, 0.1) is 0 Å². The third-order valence-corrected chi connectivity index (χ3v) is 2.45. The van der Waals surface area contributed by atoms with Crippen LogP contribution in [0.4, 0.5) is 0 Å². The minimum atomic E-state index is -1.13. The number of benzene rings is 1. The number of carboxylic acids is 1.